The van der Waals surface area contributed by atoms with E-state index in [-0.39, 0.29) is 0 Å². The van der Waals surface area contributed by atoms with Gasteiger partial charge in [-0.2, -0.15) is 0 Å². The highest BCUT2D eigenvalue weighted by atomic mass is 16.2. The molecule has 3 N–H and O–H groups in total. The second kappa shape index (κ2) is 3.65. The van der Waals surface area contributed by atoms with Crippen molar-refractivity contribution in [3.63, 3.8) is 0 Å². The Balaban J connectivity index is 2.81. The minimum Gasteiger partial charge on any atom is -0.368 e. The van der Waals surface area contributed by atoms with Crippen LogP contribution in [0.15, 0.2) is 33.9 Å². The highest BCUT2D eigenvalue weighted by Gasteiger charge is 2.08. The van der Waals surface area contributed by atoms with E-state index in [1.807, 2.05) is 0 Å². The predicted molar refractivity (Wildman–Crippen MR) is 58.0 cm³/mol. The Kier molecular flexibility index (Phi) is 2.32. The second-order valence-corrected chi connectivity index (χ2v) is 3.33. The van der Waals surface area contributed by atoms with Crippen LogP contribution in [0.25, 0.3) is 10.9 Å². The molecule has 0 bridgehead atoms. The van der Waals surface area contributed by atoms with Crippen LogP contribution in [0.3, 0.4) is 0 Å². The molecule has 0 aliphatic rings. The normalized spacial score (nSPS) is 10.5. The summed E-state index contributed by atoms with van der Waals surface area (Å²) >= 11 is 0. The van der Waals surface area contributed by atoms with E-state index < -0.39 is 23.7 Å². The van der Waals surface area contributed by atoms with Gasteiger partial charge in [-0.15, -0.1) is 0 Å². The molecule has 0 saturated carbocycles. The molecule has 1 aromatic carbocycles. The van der Waals surface area contributed by atoms with Crippen molar-refractivity contribution in [2.24, 2.45) is 5.73 Å². The number of para-hydroxylation sites is 1. The molecule has 6 nitrogen and oxygen atoms in total. The van der Waals surface area contributed by atoms with Gasteiger partial charge in [0.25, 0.3) is 5.56 Å². The van der Waals surface area contributed by atoms with E-state index >= 15 is 0 Å². The number of hydrogen-bond donors (Lipinski definition) is 2. The van der Waals surface area contributed by atoms with Gasteiger partial charge in [0.1, 0.15) is 6.54 Å². The molecule has 0 fully saturated rings. The maximum absolute atomic E-state index is 11.8. The number of amides is 1. The van der Waals surface area contributed by atoms with Crippen LogP contribution in [0, 0.1) is 0 Å². The summed E-state index contributed by atoms with van der Waals surface area (Å²) in [6.45, 7) is -0.418. The topological polar surface area (TPSA) is 97.9 Å². The van der Waals surface area contributed by atoms with Gasteiger partial charge in [0.05, 0.1) is 10.9 Å². The molecule has 0 atom stereocenters. The van der Waals surface area contributed by atoms with Gasteiger partial charge in [-0.05, 0) is 12.1 Å². The lowest BCUT2D eigenvalue weighted by atomic mass is 10.2. The van der Waals surface area contributed by atoms with Crippen molar-refractivity contribution >= 4 is 16.8 Å². The number of nitrogens with zero attached hydrogens (tertiary/aromatic N) is 1. The van der Waals surface area contributed by atoms with Crippen LogP contribution in [0.1, 0.15) is 0 Å². The van der Waals surface area contributed by atoms with E-state index in [1.165, 1.54) is 0 Å². The van der Waals surface area contributed by atoms with Gasteiger partial charge in [-0.1, -0.05) is 12.1 Å². The minimum absolute atomic E-state index is 0.350. The van der Waals surface area contributed by atoms with Crippen molar-refractivity contribution < 1.29 is 4.79 Å². The number of aromatic nitrogens is 2. The number of carbonyl (C=O) groups excluding carboxylic acids is 1. The maximum atomic E-state index is 11.8. The minimum atomic E-state index is -0.733. The molecular formula is C10H9N3O3. The highest BCUT2D eigenvalue weighted by molar-refractivity contribution is 5.78. The molecule has 16 heavy (non-hydrogen) atoms. The first-order valence-corrected chi connectivity index (χ1v) is 4.60. The van der Waals surface area contributed by atoms with Crippen molar-refractivity contribution in [1.82, 2.24) is 9.55 Å². The number of aromatic amines is 1. The third kappa shape index (κ3) is 1.60. The molecule has 0 saturated heterocycles. The van der Waals surface area contributed by atoms with Crippen LogP contribution in [0.4, 0.5) is 0 Å². The lowest BCUT2D eigenvalue weighted by Crippen LogP contribution is -2.38. The van der Waals surface area contributed by atoms with Gasteiger partial charge in [-0.25, -0.2) is 4.79 Å². The number of carbonyl (C=O) groups is 1. The number of nitrogens with two attached hydrogens (primary N) is 1. The zero-order valence-electron chi connectivity index (χ0n) is 8.27. The summed E-state index contributed by atoms with van der Waals surface area (Å²) < 4.78 is 0.782. The Hall–Kier alpha value is -2.37. The molecule has 1 heterocycles. The molecule has 0 aliphatic heterocycles. The van der Waals surface area contributed by atoms with Crippen molar-refractivity contribution in [2.45, 2.75) is 6.54 Å². The van der Waals surface area contributed by atoms with Crippen LogP contribution in [0.5, 0.6) is 0 Å². The standard InChI is InChI=1S/C10H9N3O3/c11-8(14)5-13-9(15)6-3-1-2-4-7(6)12-10(13)16/h1-4H,5H2,(H2,11,14)(H,12,16). The fourth-order valence-corrected chi connectivity index (χ4v) is 1.50. The number of nitrogens with one attached hydrogen (secondary N) is 1. The van der Waals surface area contributed by atoms with E-state index in [4.69, 9.17) is 5.73 Å². The van der Waals surface area contributed by atoms with Gasteiger partial charge in [0, 0.05) is 0 Å². The number of primary amides is 1. The summed E-state index contributed by atoms with van der Waals surface area (Å²) in [6, 6.07) is 6.57. The van der Waals surface area contributed by atoms with E-state index in [9.17, 15) is 14.4 Å². The number of fused-ring (bicyclic) bond motifs is 1. The molecule has 1 aromatic heterocycles. The van der Waals surface area contributed by atoms with Gasteiger partial charge in [-0.3, -0.25) is 14.2 Å². The summed E-state index contributed by atoms with van der Waals surface area (Å²) in [6.07, 6.45) is 0. The first-order chi connectivity index (χ1) is 7.59. The number of hydrogen-bond acceptors (Lipinski definition) is 3. The number of H-pyrrole nitrogens is 1. The third-order valence-electron chi connectivity index (χ3n) is 2.20. The SMILES string of the molecule is NC(=O)Cn1c(=O)[nH]c2ccccc2c1=O. The van der Waals surface area contributed by atoms with E-state index in [0.717, 1.165) is 4.57 Å². The molecule has 6 heteroatoms. The average molecular weight is 219 g/mol. The molecular weight excluding hydrogens is 210 g/mol. The van der Waals surface area contributed by atoms with Crippen molar-refractivity contribution in [3.05, 3.63) is 45.1 Å². The largest absolute Gasteiger partial charge is 0.368 e. The van der Waals surface area contributed by atoms with Gasteiger partial charge in [0.15, 0.2) is 0 Å². The van der Waals surface area contributed by atoms with E-state index in [1.54, 1.807) is 24.3 Å². The zero-order chi connectivity index (χ0) is 11.7. The van der Waals surface area contributed by atoms with Gasteiger partial charge in [0.2, 0.25) is 5.91 Å². The van der Waals surface area contributed by atoms with Crippen LogP contribution in [-0.4, -0.2) is 15.5 Å². The molecule has 2 rings (SSSR count). The molecule has 0 spiro atoms. The fourth-order valence-electron chi connectivity index (χ4n) is 1.50. The monoisotopic (exact) mass is 219 g/mol. The smallest absolute Gasteiger partial charge is 0.329 e. The van der Waals surface area contributed by atoms with Crippen molar-refractivity contribution in [3.8, 4) is 0 Å². The van der Waals surface area contributed by atoms with Crippen molar-refractivity contribution in [1.29, 1.82) is 0 Å². The Bertz CT molecular complexity index is 669. The molecule has 0 unspecified atom stereocenters. The summed E-state index contributed by atoms with van der Waals surface area (Å²) in [5.74, 6) is -0.733. The Morgan fingerprint density at radius 2 is 2.00 bits per heavy atom. The van der Waals surface area contributed by atoms with Crippen LogP contribution in [-0.2, 0) is 11.3 Å². The zero-order valence-corrected chi connectivity index (χ0v) is 8.27. The molecule has 0 aliphatic carbocycles. The summed E-state index contributed by atoms with van der Waals surface area (Å²) in [4.78, 5) is 36.5. The first-order valence-electron chi connectivity index (χ1n) is 4.60. The van der Waals surface area contributed by atoms with Gasteiger partial charge < -0.3 is 10.7 Å². The van der Waals surface area contributed by atoms with E-state index in [2.05, 4.69) is 4.98 Å². The predicted octanol–water partition coefficient (Wildman–Crippen LogP) is -0.825. The summed E-state index contributed by atoms with van der Waals surface area (Å²) in [7, 11) is 0. The molecule has 82 valence electrons. The van der Waals surface area contributed by atoms with Crippen LogP contribution < -0.4 is 17.0 Å². The Morgan fingerprint density at radius 1 is 1.31 bits per heavy atom. The summed E-state index contributed by atoms with van der Waals surface area (Å²) in [5, 5.41) is 0.350. The lowest BCUT2D eigenvalue weighted by molar-refractivity contribution is -0.118. The van der Waals surface area contributed by atoms with Crippen LogP contribution in [0.2, 0.25) is 0 Å². The van der Waals surface area contributed by atoms with Gasteiger partial charge >= 0.3 is 5.69 Å². The van der Waals surface area contributed by atoms with Crippen molar-refractivity contribution in [2.75, 3.05) is 0 Å². The Morgan fingerprint density at radius 3 is 2.69 bits per heavy atom. The second-order valence-electron chi connectivity index (χ2n) is 3.33. The maximum Gasteiger partial charge on any atom is 0.329 e. The first kappa shape index (κ1) is 10.2. The summed E-state index contributed by atoms with van der Waals surface area (Å²) in [5.41, 5.74) is 4.25. The molecule has 1 amide bonds. The quantitative estimate of drug-likeness (QED) is 0.690. The number of rotatable bonds is 2. The number of benzene rings is 1. The third-order valence-corrected chi connectivity index (χ3v) is 2.20. The Labute approximate surface area is 89.3 Å². The fraction of sp³-hybridized carbons (Fsp3) is 0.100. The van der Waals surface area contributed by atoms with Crippen LogP contribution >= 0.6 is 0 Å². The molecule has 0 radical (unpaired) electrons. The average Bonchev–Trinajstić information content (AvgIpc) is 2.24. The lowest BCUT2D eigenvalue weighted by Gasteiger charge is -2.03. The van der Waals surface area contributed by atoms with E-state index in [0.29, 0.717) is 10.9 Å². The molecule has 2 aromatic rings. The highest BCUT2D eigenvalue weighted by Crippen LogP contribution is 2.02.